The fourth-order valence-electron chi connectivity index (χ4n) is 4.38. The minimum atomic E-state index is -0.327. The molecule has 1 amide bonds. The van der Waals surface area contributed by atoms with Crippen LogP contribution in [0.3, 0.4) is 0 Å². The molecule has 1 saturated heterocycles. The van der Waals surface area contributed by atoms with Gasteiger partial charge in [0.2, 0.25) is 5.76 Å². The van der Waals surface area contributed by atoms with Gasteiger partial charge >= 0.3 is 0 Å². The van der Waals surface area contributed by atoms with Crippen LogP contribution in [0.15, 0.2) is 15.4 Å². The monoisotopic (exact) mass is 370 g/mol. The highest BCUT2D eigenvalue weighted by atomic mass is 16.5. The van der Waals surface area contributed by atoms with Crippen molar-refractivity contribution >= 4 is 5.91 Å². The quantitative estimate of drug-likeness (QED) is 0.864. The highest BCUT2D eigenvalue weighted by Gasteiger charge is 2.35. The average molecular weight is 370 g/mol. The second-order valence-electron chi connectivity index (χ2n) is 7.58. The highest BCUT2D eigenvalue weighted by Crippen LogP contribution is 2.25. The predicted octanol–water partition coefficient (Wildman–Crippen LogP) is 0.969. The maximum Gasteiger partial charge on any atom is 0.290 e. The molecule has 2 unspecified atom stereocenters. The van der Waals surface area contributed by atoms with Crippen molar-refractivity contribution < 1.29 is 14.1 Å². The summed E-state index contributed by atoms with van der Waals surface area (Å²) in [5.41, 5.74) is 3.70. The number of hydrogen-bond donors (Lipinski definition) is 1. The van der Waals surface area contributed by atoms with Crippen LogP contribution in [-0.2, 0) is 30.4 Å². The van der Waals surface area contributed by atoms with E-state index in [0.29, 0.717) is 19.0 Å². The number of rotatable bonds is 3. The van der Waals surface area contributed by atoms with Crippen LogP contribution in [0.4, 0.5) is 0 Å². The lowest BCUT2D eigenvalue weighted by Crippen LogP contribution is -2.44. The van der Waals surface area contributed by atoms with Crippen molar-refractivity contribution in [1.29, 1.82) is 0 Å². The summed E-state index contributed by atoms with van der Waals surface area (Å²) >= 11 is 0. The number of carbonyl (C=O) groups is 1. The van der Waals surface area contributed by atoms with Crippen LogP contribution in [0.1, 0.15) is 58.4 Å². The molecule has 2 atom stereocenters. The predicted molar refractivity (Wildman–Crippen MR) is 94.8 cm³/mol. The SMILES string of the molecule is O=C(NC1COCC1n1nc2c(cc1=O)CCC2)c1onc2c1CCCC2. The first-order valence-electron chi connectivity index (χ1n) is 9.68. The molecule has 142 valence electrons. The molecule has 0 aromatic carbocycles. The van der Waals surface area contributed by atoms with Gasteiger partial charge in [0.15, 0.2) is 0 Å². The minimum Gasteiger partial charge on any atom is -0.377 e. The van der Waals surface area contributed by atoms with Crippen molar-refractivity contribution in [3.8, 4) is 0 Å². The summed E-state index contributed by atoms with van der Waals surface area (Å²) in [5, 5.41) is 11.6. The highest BCUT2D eigenvalue weighted by molar-refractivity contribution is 5.93. The van der Waals surface area contributed by atoms with Crippen LogP contribution in [0.5, 0.6) is 0 Å². The summed E-state index contributed by atoms with van der Waals surface area (Å²) in [6.07, 6.45) is 6.63. The molecule has 1 N–H and O–H groups in total. The van der Waals surface area contributed by atoms with Crippen molar-refractivity contribution in [3.63, 3.8) is 0 Å². The van der Waals surface area contributed by atoms with Crippen molar-refractivity contribution in [2.24, 2.45) is 0 Å². The van der Waals surface area contributed by atoms with Gasteiger partial charge in [-0.3, -0.25) is 9.59 Å². The zero-order chi connectivity index (χ0) is 18.4. The molecule has 3 heterocycles. The fourth-order valence-corrected chi connectivity index (χ4v) is 4.38. The third kappa shape index (κ3) is 2.88. The topological polar surface area (TPSA) is 99.2 Å². The Bertz CT molecular complexity index is 948. The molecule has 8 heteroatoms. The molecule has 1 aliphatic heterocycles. The van der Waals surface area contributed by atoms with E-state index in [0.717, 1.165) is 67.5 Å². The van der Waals surface area contributed by atoms with Crippen molar-refractivity contribution in [3.05, 3.63) is 44.7 Å². The fraction of sp³-hybridized carbons (Fsp3) is 0.579. The molecule has 0 saturated carbocycles. The lowest BCUT2D eigenvalue weighted by Gasteiger charge is -2.20. The van der Waals surface area contributed by atoms with Gasteiger partial charge in [-0.05, 0) is 50.5 Å². The number of hydrogen-bond acceptors (Lipinski definition) is 6. The number of aryl methyl sites for hydroxylation is 3. The minimum absolute atomic E-state index is 0.137. The maximum atomic E-state index is 12.8. The van der Waals surface area contributed by atoms with Gasteiger partial charge in [-0.25, -0.2) is 4.68 Å². The molecule has 1 fully saturated rings. The molecule has 8 nitrogen and oxygen atoms in total. The standard InChI is InChI=1S/C19H22N4O4/c24-17-8-11-4-3-7-13(11)21-23(17)16-10-26-9-15(16)20-19(25)18-12-5-1-2-6-14(12)22-27-18/h8,15-16H,1-7,9-10H2,(H,20,25). The van der Waals surface area contributed by atoms with Gasteiger partial charge in [-0.2, -0.15) is 5.10 Å². The molecule has 0 spiro atoms. The average Bonchev–Trinajstić information content (AvgIpc) is 3.39. The van der Waals surface area contributed by atoms with Gasteiger partial charge in [0, 0.05) is 11.6 Å². The van der Waals surface area contributed by atoms with Crippen LogP contribution in [0.2, 0.25) is 0 Å². The van der Waals surface area contributed by atoms with Gasteiger partial charge in [0.05, 0.1) is 30.6 Å². The molecule has 0 bridgehead atoms. The Kier molecular flexibility index (Phi) is 4.07. The number of aromatic nitrogens is 3. The summed E-state index contributed by atoms with van der Waals surface area (Å²) in [6.45, 7) is 0.698. The molecular formula is C19H22N4O4. The Hall–Kier alpha value is -2.48. The first-order valence-corrected chi connectivity index (χ1v) is 9.68. The van der Waals surface area contributed by atoms with E-state index in [1.807, 2.05) is 0 Å². The van der Waals surface area contributed by atoms with E-state index in [9.17, 15) is 9.59 Å². The summed E-state index contributed by atoms with van der Waals surface area (Å²) < 4.78 is 12.4. The number of fused-ring (bicyclic) bond motifs is 2. The number of nitrogens with zero attached hydrogens (tertiary/aromatic N) is 3. The van der Waals surface area contributed by atoms with E-state index in [1.54, 1.807) is 6.07 Å². The van der Waals surface area contributed by atoms with Crippen LogP contribution in [-0.4, -0.2) is 40.1 Å². The molecule has 27 heavy (non-hydrogen) atoms. The van der Waals surface area contributed by atoms with E-state index >= 15 is 0 Å². The smallest absolute Gasteiger partial charge is 0.290 e. The maximum absolute atomic E-state index is 12.8. The Balaban J connectivity index is 1.38. The third-order valence-electron chi connectivity index (χ3n) is 5.83. The zero-order valence-corrected chi connectivity index (χ0v) is 15.1. The van der Waals surface area contributed by atoms with Gasteiger partial charge in [0.25, 0.3) is 11.5 Å². The Morgan fingerprint density at radius 1 is 1.11 bits per heavy atom. The van der Waals surface area contributed by atoms with E-state index in [-0.39, 0.29) is 23.6 Å². The molecule has 5 rings (SSSR count). The summed E-state index contributed by atoms with van der Waals surface area (Å²) in [4.78, 5) is 25.3. The van der Waals surface area contributed by atoms with Gasteiger partial charge in [-0.1, -0.05) is 5.16 Å². The van der Waals surface area contributed by atoms with E-state index in [1.165, 1.54) is 4.68 Å². The number of nitrogens with one attached hydrogen (secondary N) is 1. The van der Waals surface area contributed by atoms with Crippen molar-refractivity contribution in [1.82, 2.24) is 20.3 Å². The largest absolute Gasteiger partial charge is 0.377 e. The van der Waals surface area contributed by atoms with Gasteiger partial charge < -0.3 is 14.6 Å². The first kappa shape index (κ1) is 16.7. The lowest BCUT2D eigenvalue weighted by atomic mass is 9.96. The molecule has 0 radical (unpaired) electrons. The van der Waals surface area contributed by atoms with Gasteiger partial charge in [-0.15, -0.1) is 0 Å². The molecule has 2 aromatic heterocycles. The zero-order valence-electron chi connectivity index (χ0n) is 15.1. The molecular weight excluding hydrogens is 348 g/mol. The summed E-state index contributed by atoms with van der Waals surface area (Å²) in [5.74, 6) is 0.00460. The number of amides is 1. The second-order valence-corrected chi connectivity index (χ2v) is 7.58. The van der Waals surface area contributed by atoms with Crippen LogP contribution < -0.4 is 10.9 Å². The van der Waals surface area contributed by atoms with Gasteiger partial charge in [0.1, 0.15) is 6.04 Å². The molecule has 3 aliphatic rings. The van der Waals surface area contributed by atoms with Crippen LogP contribution >= 0.6 is 0 Å². The third-order valence-corrected chi connectivity index (χ3v) is 5.83. The van der Waals surface area contributed by atoms with E-state index in [4.69, 9.17) is 9.26 Å². The number of ether oxygens (including phenoxy) is 1. The Labute approximate surface area is 155 Å². The van der Waals surface area contributed by atoms with E-state index in [2.05, 4.69) is 15.6 Å². The Morgan fingerprint density at radius 3 is 2.89 bits per heavy atom. The summed E-state index contributed by atoms with van der Waals surface area (Å²) in [6, 6.07) is 1.04. The van der Waals surface area contributed by atoms with Crippen LogP contribution in [0.25, 0.3) is 0 Å². The van der Waals surface area contributed by atoms with Crippen molar-refractivity contribution in [2.45, 2.75) is 57.0 Å². The van der Waals surface area contributed by atoms with Crippen molar-refractivity contribution in [2.75, 3.05) is 13.2 Å². The van der Waals surface area contributed by atoms with Crippen LogP contribution in [0, 0.1) is 0 Å². The Morgan fingerprint density at radius 2 is 1.96 bits per heavy atom. The van der Waals surface area contributed by atoms with E-state index < -0.39 is 0 Å². The summed E-state index contributed by atoms with van der Waals surface area (Å²) in [7, 11) is 0. The first-order chi connectivity index (χ1) is 13.2. The molecule has 2 aliphatic carbocycles. The lowest BCUT2D eigenvalue weighted by molar-refractivity contribution is 0.0886. The number of carbonyl (C=O) groups excluding carboxylic acids is 1. The normalized spacial score (nSPS) is 23.9. The molecule has 2 aromatic rings. The second kappa shape index (κ2) is 6.60.